The van der Waals surface area contributed by atoms with Gasteiger partial charge in [-0.3, -0.25) is 0 Å². The number of nitrogens with one attached hydrogen (secondary N) is 1. The van der Waals surface area contributed by atoms with E-state index in [2.05, 4.69) is 62.5 Å². The van der Waals surface area contributed by atoms with Gasteiger partial charge in [0, 0.05) is 30.4 Å². The number of anilines is 1. The second-order valence-corrected chi connectivity index (χ2v) is 9.06. The lowest BCUT2D eigenvalue weighted by Gasteiger charge is -2.32. The fourth-order valence-electron chi connectivity index (χ4n) is 4.04. The van der Waals surface area contributed by atoms with E-state index in [-0.39, 0.29) is 5.63 Å². The van der Waals surface area contributed by atoms with Crippen LogP contribution in [0.1, 0.15) is 39.2 Å². The number of hydrogen-bond acceptors (Lipinski definition) is 5. The highest BCUT2D eigenvalue weighted by Gasteiger charge is 2.18. The molecule has 0 radical (unpaired) electrons. The molecule has 1 N–H and O–H groups in total. The van der Waals surface area contributed by atoms with Crippen LogP contribution in [-0.2, 0) is 4.74 Å². The van der Waals surface area contributed by atoms with E-state index in [4.69, 9.17) is 9.15 Å². The Labute approximate surface area is 234 Å². The number of likely N-dealkylation sites (tertiary alicyclic amines) is 1. The molecule has 1 aliphatic heterocycles. The first-order valence-electron chi connectivity index (χ1n) is 13.4. The molecule has 1 saturated heterocycles. The van der Waals surface area contributed by atoms with Gasteiger partial charge in [0.15, 0.2) is 0 Å². The lowest BCUT2D eigenvalue weighted by atomic mass is 10.0. The highest BCUT2D eigenvalue weighted by atomic mass is 16.5. The van der Waals surface area contributed by atoms with Crippen LogP contribution in [0.4, 0.5) is 5.69 Å². The van der Waals surface area contributed by atoms with Crippen LogP contribution in [0.25, 0.3) is 12.2 Å². The van der Waals surface area contributed by atoms with Gasteiger partial charge in [0.05, 0.1) is 12.8 Å². The number of hydrogen-bond donors (Lipinski definition) is 1. The van der Waals surface area contributed by atoms with Crippen molar-refractivity contribution >= 4 is 17.8 Å². The normalized spacial score (nSPS) is 15.4. The van der Waals surface area contributed by atoms with E-state index < -0.39 is 0 Å². The minimum Gasteiger partial charge on any atom is -0.497 e. The van der Waals surface area contributed by atoms with Crippen molar-refractivity contribution in [3.05, 3.63) is 124 Å². The summed E-state index contributed by atoms with van der Waals surface area (Å²) in [6.45, 7) is 25.2. The van der Waals surface area contributed by atoms with Crippen molar-refractivity contribution in [2.24, 2.45) is 0 Å². The molecule has 0 aliphatic carbocycles. The zero-order valence-corrected chi connectivity index (χ0v) is 24.5. The Balaban J connectivity index is 0.000000720. The molecule has 0 unspecified atom stereocenters. The van der Waals surface area contributed by atoms with Crippen molar-refractivity contribution < 1.29 is 9.15 Å². The standard InChI is InChI=1S/C25H34N2O3.C7H8.C2H4/c1-7-10-21(29-6)15-18(4)19(5)16-22-23(17-25(28)30-24(22)8-2)26-20-11-13-27(9-3)14-12-20;1-7-5-3-2-4-6-7;1-2/h7-8,10,15-17,20,26H,1,5,9,11-14H2,2-4,6H3;2-6H,1H3;1-2H2/b18-15+,21-10+,22-16-,24-8+;;. The van der Waals surface area contributed by atoms with E-state index in [1.165, 1.54) is 11.6 Å². The summed E-state index contributed by atoms with van der Waals surface area (Å²) in [4.78, 5) is 14.6. The minimum atomic E-state index is -0.359. The van der Waals surface area contributed by atoms with E-state index in [1.54, 1.807) is 19.3 Å². The monoisotopic (exact) mass is 530 g/mol. The second kappa shape index (κ2) is 18.4. The molecule has 0 atom stereocenters. The summed E-state index contributed by atoms with van der Waals surface area (Å²) >= 11 is 0. The van der Waals surface area contributed by atoms with E-state index in [9.17, 15) is 4.79 Å². The van der Waals surface area contributed by atoms with Crippen LogP contribution in [0.3, 0.4) is 0 Å². The first-order chi connectivity index (χ1) is 18.8. The molecule has 0 amide bonds. The van der Waals surface area contributed by atoms with Gasteiger partial charge < -0.3 is 19.4 Å². The fraction of sp³-hybridized carbons (Fsp3) is 0.324. The molecule has 210 valence electrons. The molecule has 1 fully saturated rings. The third-order valence-corrected chi connectivity index (χ3v) is 6.33. The number of aryl methyl sites for hydroxylation is 1. The molecule has 1 aromatic heterocycles. The Morgan fingerprint density at radius 3 is 2.33 bits per heavy atom. The van der Waals surface area contributed by atoms with Crippen LogP contribution in [0.5, 0.6) is 0 Å². The summed E-state index contributed by atoms with van der Waals surface area (Å²) in [7, 11) is 1.62. The number of ether oxygens (including phenoxy) is 1. The average molecular weight is 531 g/mol. The molecule has 2 aromatic rings. The van der Waals surface area contributed by atoms with Gasteiger partial charge in [0.2, 0.25) is 0 Å². The molecular weight excluding hydrogens is 484 g/mol. The Kier molecular flexibility index (Phi) is 15.7. The Morgan fingerprint density at radius 2 is 1.85 bits per heavy atom. The van der Waals surface area contributed by atoms with Crippen molar-refractivity contribution in [2.75, 3.05) is 32.1 Å². The number of methoxy groups -OCH3 is 1. The van der Waals surface area contributed by atoms with Crippen molar-refractivity contribution in [1.29, 1.82) is 0 Å². The highest BCUT2D eigenvalue weighted by Crippen LogP contribution is 2.15. The molecule has 0 saturated carbocycles. The summed E-state index contributed by atoms with van der Waals surface area (Å²) in [6, 6.07) is 12.1. The SMILES string of the molecule is C=C.C=C/C=C(\C=C(/C)C(=C)/C=c1/c(NC2CCN(CC)CC2)cc(=O)o/c1=C/C)OC.Cc1ccccc1. The van der Waals surface area contributed by atoms with E-state index in [0.29, 0.717) is 17.2 Å². The first kappa shape index (κ1) is 33.2. The third kappa shape index (κ3) is 11.6. The molecule has 1 aliphatic rings. The van der Waals surface area contributed by atoms with Crippen molar-refractivity contribution in [1.82, 2.24) is 4.90 Å². The van der Waals surface area contributed by atoms with Gasteiger partial charge in [-0.1, -0.05) is 62.1 Å². The van der Waals surface area contributed by atoms with Gasteiger partial charge in [-0.2, -0.15) is 0 Å². The van der Waals surface area contributed by atoms with Crippen LogP contribution in [0, 0.1) is 6.92 Å². The van der Waals surface area contributed by atoms with E-state index in [0.717, 1.165) is 54.5 Å². The summed E-state index contributed by atoms with van der Waals surface area (Å²) in [5.41, 5.74) is 4.04. The number of benzene rings is 1. The Hall–Kier alpha value is -3.83. The summed E-state index contributed by atoms with van der Waals surface area (Å²) < 4.78 is 10.8. The van der Waals surface area contributed by atoms with Crippen molar-refractivity contribution in [2.45, 2.75) is 46.6 Å². The summed E-state index contributed by atoms with van der Waals surface area (Å²) in [6.07, 6.45) is 11.2. The lowest BCUT2D eigenvalue weighted by Crippen LogP contribution is -2.41. The predicted octanol–water partition coefficient (Wildman–Crippen LogP) is 6.13. The fourth-order valence-corrected chi connectivity index (χ4v) is 4.04. The topological polar surface area (TPSA) is 54.7 Å². The maximum Gasteiger partial charge on any atom is 0.338 e. The molecule has 0 spiro atoms. The molecule has 0 bridgehead atoms. The molecular formula is C34H46N2O3. The molecule has 2 heterocycles. The van der Waals surface area contributed by atoms with Gasteiger partial charge in [0.25, 0.3) is 0 Å². The van der Waals surface area contributed by atoms with Crippen molar-refractivity contribution in [3.8, 4) is 0 Å². The summed E-state index contributed by atoms with van der Waals surface area (Å²) in [5.74, 6) is 0.694. The quantitative estimate of drug-likeness (QED) is 0.253. The van der Waals surface area contributed by atoms with Crippen LogP contribution in [0.15, 0.2) is 107 Å². The van der Waals surface area contributed by atoms with Crippen LogP contribution in [0.2, 0.25) is 0 Å². The number of nitrogens with zero attached hydrogens (tertiary/aromatic N) is 1. The maximum atomic E-state index is 12.1. The van der Waals surface area contributed by atoms with Gasteiger partial charge >= 0.3 is 5.63 Å². The van der Waals surface area contributed by atoms with Crippen LogP contribution >= 0.6 is 0 Å². The van der Waals surface area contributed by atoms with Gasteiger partial charge in [-0.15, -0.1) is 13.2 Å². The third-order valence-electron chi connectivity index (χ3n) is 6.33. The van der Waals surface area contributed by atoms with Crippen LogP contribution in [-0.4, -0.2) is 37.7 Å². The first-order valence-corrected chi connectivity index (χ1v) is 13.4. The van der Waals surface area contributed by atoms with E-state index >= 15 is 0 Å². The number of rotatable bonds is 8. The molecule has 3 rings (SSSR count). The van der Waals surface area contributed by atoms with Crippen LogP contribution < -0.4 is 21.6 Å². The van der Waals surface area contributed by atoms with Gasteiger partial charge in [-0.25, -0.2) is 4.79 Å². The molecule has 1 aromatic carbocycles. The lowest BCUT2D eigenvalue weighted by molar-refractivity contribution is 0.229. The average Bonchev–Trinajstić information content (AvgIpc) is 2.96. The number of allylic oxidation sites excluding steroid dienone is 5. The predicted molar refractivity (Wildman–Crippen MR) is 168 cm³/mol. The smallest absolute Gasteiger partial charge is 0.338 e. The van der Waals surface area contributed by atoms with Crippen molar-refractivity contribution in [3.63, 3.8) is 0 Å². The zero-order chi connectivity index (χ0) is 29.2. The van der Waals surface area contributed by atoms with E-state index in [1.807, 2.05) is 50.3 Å². The Bertz CT molecular complexity index is 1280. The second-order valence-electron chi connectivity index (χ2n) is 9.06. The number of piperidine rings is 1. The molecule has 5 heteroatoms. The minimum absolute atomic E-state index is 0.326. The Morgan fingerprint density at radius 1 is 1.21 bits per heavy atom. The van der Waals surface area contributed by atoms with Gasteiger partial charge in [0.1, 0.15) is 11.2 Å². The zero-order valence-electron chi connectivity index (χ0n) is 24.5. The molecule has 5 nitrogen and oxygen atoms in total. The highest BCUT2D eigenvalue weighted by molar-refractivity contribution is 5.62. The maximum absolute atomic E-state index is 12.1. The summed E-state index contributed by atoms with van der Waals surface area (Å²) in [5, 5.41) is 4.41. The molecule has 39 heavy (non-hydrogen) atoms. The largest absolute Gasteiger partial charge is 0.497 e. The van der Waals surface area contributed by atoms with Gasteiger partial charge in [-0.05, 0) is 75.6 Å².